The van der Waals surface area contributed by atoms with Crippen LogP contribution in [0.3, 0.4) is 0 Å². The van der Waals surface area contributed by atoms with Crippen molar-refractivity contribution in [3.63, 3.8) is 0 Å². The van der Waals surface area contributed by atoms with Gasteiger partial charge in [-0.1, -0.05) is 90.0 Å². The molecule has 7 rings (SSSR count). The summed E-state index contributed by atoms with van der Waals surface area (Å²) >= 11 is 5.82. The zero-order valence-corrected chi connectivity index (χ0v) is 36.7. The topological polar surface area (TPSA) is 93.2 Å². The first-order chi connectivity index (χ1) is 29.4. The van der Waals surface area contributed by atoms with Crippen molar-refractivity contribution in [2.45, 2.75) is 39.3 Å². The van der Waals surface area contributed by atoms with E-state index >= 15 is 0 Å². The quantitative estimate of drug-likeness (QED) is 0.0945. The van der Waals surface area contributed by atoms with Crippen molar-refractivity contribution in [3.05, 3.63) is 196 Å². The van der Waals surface area contributed by atoms with Gasteiger partial charge in [0.05, 0.1) is 49.2 Å². The van der Waals surface area contributed by atoms with Gasteiger partial charge in [-0.25, -0.2) is 9.69 Å². The van der Waals surface area contributed by atoms with Crippen molar-refractivity contribution in [1.82, 2.24) is 9.13 Å². The van der Waals surface area contributed by atoms with Crippen LogP contribution in [0.4, 0.5) is 37.7 Å². The van der Waals surface area contributed by atoms with Gasteiger partial charge >= 0.3 is 20.0 Å². The summed E-state index contributed by atoms with van der Waals surface area (Å²) in [6.45, 7) is 18.3. The van der Waals surface area contributed by atoms with Crippen LogP contribution >= 0.6 is 38.6 Å². The Morgan fingerprint density at radius 3 is 1.37 bits per heavy atom. The number of hydrogen-bond acceptors (Lipinski definition) is 6. The number of alkyl halides is 6. The van der Waals surface area contributed by atoms with Crippen LogP contribution in [0, 0.1) is 64.7 Å². The second kappa shape index (κ2) is 22.2. The second-order valence-electron chi connectivity index (χ2n) is 13.3. The van der Waals surface area contributed by atoms with E-state index in [1.807, 2.05) is 98.8 Å². The van der Waals surface area contributed by atoms with Gasteiger partial charge in [-0.05, 0) is 82.9 Å². The van der Waals surface area contributed by atoms with Crippen molar-refractivity contribution in [3.8, 4) is 31.6 Å². The maximum atomic E-state index is 13.7. The number of halogens is 7. The minimum atomic E-state index is -4.81. The first-order valence-corrected chi connectivity index (χ1v) is 20.4. The number of nitrogens with zero attached hydrogens (tertiary/aromatic N) is 4. The Hall–Kier alpha value is -4.76. The molecule has 8 nitrogen and oxygen atoms in total. The summed E-state index contributed by atoms with van der Waals surface area (Å²) in [4.78, 5) is 33.6. The van der Waals surface area contributed by atoms with Crippen molar-refractivity contribution in [1.29, 1.82) is 0 Å². The number of hydrogen-bond donors (Lipinski definition) is 2. The molecular weight excluding hydrogens is 957 g/mol. The molecular formula is C44H31ArBBrF6N4O4S2. The predicted octanol–water partition coefficient (Wildman–Crippen LogP) is 11.9. The maximum absolute atomic E-state index is 13.7. The molecule has 2 N–H and O–H groups in total. The summed E-state index contributed by atoms with van der Waals surface area (Å²) in [5, 5.41) is 14.0. The molecule has 0 aliphatic rings. The first-order valence-electron chi connectivity index (χ1n) is 18.0. The molecule has 0 unspecified atom stereocenters. The summed E-state index contributed by atoms with van der Waals surface area (Å²) in [5.74, 6) is 0. The Morgan fingerprint density at radius 2 is 1.00 bits per heavy atom. The van der Waals surface area contributed by atoms with Crippen molar-refractivity contribution in [2.24, 2.45) is 0 Å². The molecule has 63 heavy (non-hydrogen) atoms. The zero-order chi connectivity index (χ0) is 45.4. The maximum Gasteiger partial charge on any atom is 0.482 e. The molecule has 0 saturated carbocycles. The monoisotopic (exact) mass is 987 g/mol. The largest absolute Gasteiger partial charge is 0.482 e. The van der Waals surface area contributed by atoms with Gasteiger partial charge in [0.2, 0.25) is 0 Å². The average Bonchev–Trinajstić information content (AvgIpc) is 3.90. The number of rotatable bonds is 7. The van der Waals surface area contributed by atoms with Crippen LogP contribution in [0.25, 0.3) is 41.3 Å². The third-order valence-electron chi connectivity index (χ3n) is 9.05. The third-order valence-corrected chi connectivity index (χ3v) is 11.9. The normalized spacial score (nSPS) is 10.9. The van der Waals surface area contributed by atoms with E-state index in [0.717, 1.165) is 48.6 Å². The van der Waals surface area contributed by atoms with Gasteiger partial charge in [-0.2, -0.15) is 26.3 Å². The molecule has 19 heteroatoms. The van der Waals surface area contributed by atoms with E-state index in [4.69, 9.17) is 23.2 Å². The van der Waals surface area contributed by atoms with Crippen LogP contribution in [0.15, 0.2) is 129 Å². The van der Waals surface area contributed by atoms with E-state index in [-0.39, 0.29) is 69.9 Å². The second-order valence-corrected chi connectivity index (χ2v) is 16.9. The fourth-order valence-corrected chi connectivity index (χ4v) is 8.53. The molecule has 3 aromatic carbocycles. The summed E-state index contributed by atoms with van der Waals surface area (Å²) in [6.07, 6.45) is -9.60. The summed E-state index contributed by atoms with van der Waals surface area (Å²) in [7, 11) is 0. The number of aromatic nitrogens is 2. The summed E-state index contributed by atoms with van der Waals surface area (Å²) in [5.41, 5.74) is -1.33. The Morgan fingerprint density at radius 1 is 0.619 bits per heavy atom. The van der Waals surface area contributed by atoms with Crippen molar-refractivity contribution < 1.29 is 74.1 Å². The molecule has 7 aromatic rings. The Kier molecular flexibility index (Phi) is 18.0. The Balaban J connectivity index is 0.000000260. The molecule has 0 aliphatic heterocycles. The molecule has 0 saturated heterocycles. The molecule has 0 bridgehead atoms. The number of pyridine rings is 2. The van der Waals surface area contributed by atoms with Gasteiger partial charge in [0.15, 0.2) is 0 Å². The Bertz CT molecular complexity index is 2890. The third kappa shape index (κ3) is 12.7. The average molecular weight is 989 g/mol. The van der Waals surface area contributed by atoms with Gasteiger partial charge in [0, 0.05) is 55.7 Å². The molecule has 323 valence electrons. The van der Waals surface area contributed by atoms with Crippen LogP contribution in [-0.4, -0.2) is 26.9 Å². The van der Waals surface area contributed by atoms with E-state index in [1.54, 1.807) is 18.2 Å². The van der Waals surface area contributed by atoms with Crippen LogP contribution in [0.2, 0.25) is 0 Å². The van der Waals surface area contributed by atoms with E-state index in [0.29, 0.717) is 9.75 Å². The van der Waals surface area contributed by atoms with Gasteiger partial charge in [-0.3, -0.25) is 9.59 Å². The van der Waals surface area contributed by atoms with Crippen LogP contribution in [-0.2, 0) is 25.4 Å². The fourth-order valence-electron chi connectivity index (χ4n) is 6.08. The van der Waals surface area contributed by atoms with E-state index in [2.05, 4.69) is 25.6 Å². The molecule has 0 fully saturated rings. The Labute approximate surface area is 404 Å². The zero-order valence-electron chi connectivity index (χ0n) is 32.8. The van der Waals surface area contributed by atoms with Crippen LogP contribution in [0.1, 0.15) is 33.4 Å². The molecule has 4 heterocycles. The molecule has 1 radical (unpaired) electrons. The van der Waals surface area contributed by atoms with Crippen LogP contribution < -0.4 is 11.1 Å². The smallest absolute Gasteiger partial charge is 0.429 e. The summed E-state index contributed by atoms with van der Waals surface area (Å²) < 4.78 is 84.6. The van der Waals surface area contributed by atoms with Gasteiger partial charge in [0.1, 0.15) is 0 Å². The van der Waals surface area contributed by atoms with Gasteiger partial charge in [-0.15, -0.1) is 22.7 Å². The van der Waals surface area contributed by atoms with E-state index in [1.165, 1.54) is 31.8 Å². The van der Waals surface area contributed by atoms with Gasteiger partial charge < -0.3 is 19.2 Å². The van der Waals surface area contributed by atoms with E-state index in [9.17, 15) is 35.9 Å². The number of benzene rings is 3. The standard InChI is InChI=1S/C25H17F3N2OS.C19H12BrF3N2OS.Ar.BH2O2/c1-16-8-10-17(11-9-16)15-30-20(14-19(25(26,27)28)23(29-2)24(30)31)22-13-12-21(32-22)18-6-4-3-5-7-18;1-11-3-5-12(6-4-11)10-25-14(15-7-8-16(20)27-15)9-13(19(21,22)23)17(24-2)18(25)26;;2-1-3/h3-14H,15H2,1H3;3-9H,10H2,1H3;;2-3H. The van der Waals surface area contributed by atoms with E-state index < -0.39 is 46.0 Å². The molecule has 4 aromatic heterocycles. The molecule has 0 spiro atoms. The summed E-state index contributed by atoms with van der Waals surface area (Å²) in [6, 6.07) is 32.9. The molecule has 0 amide bonds. The molecule has 0 aliphatic carbocycles. The minimum Gasteiger partial charge on any atom is -0.429 e. The van der Waals surface area contributed by atoms with Crippen molar-refractivity contribution in [2.75, 3.05) is 0 Å². The number of thiophene rings is 2. The van der Waals surface area contributed by atoms with Gasteiger partial charge in [0.25, 0.3) is 22.5 Å². The first kappa shape index (κ1) is 50.9. The minimum absolute atomic E-state index is 0. The SMILES string of the molecule is O[B]O.[Ar].[C-]#[N+]c1c(C(F)(F)F)cc(-c2ccc(-c3ccccc3)s2)n(Cc2ccc(C)cc2)c1=O.[C-]#[N+]c1c(C(F)(F)F)cc(-c2ccc(Br)s2)n(Cc2ccc(C)cc2)c1=O. The van der Waals surface area contributed by atoms with Crippen LogP contribution in [0.5, 0.6) is 0 Å². The number of aryl methyl sites for hydroxylation is 2. The fraction of sp³-hybridized carbons (Fsp3) is 0.136. The van der Waals surface area contributed by atoms with Crippen molar-refractivity contribution >= 4 is 57.7 Å². The molecule has 0 atom stereocenters. The predicted molar refractivity (Wildman–Crippen MR) is 234 cm³/mol.